The van der Waals surface area contributed by atoms with E-state index in [4.69, 9.17) is 42.1 Å². The van der Waals surface area contributed by atoms with Crippen LogP contribution in [0.3, 0.4) is 0 Å². The number of ether oxygens (including phenoxy) is 4. The number of nitrogens with zero attached hydrogens (tertiary/aromatic N) is 2. The monoisotopic (exact) mass is 497 g/mol. The number of carbonyl (C=O) groups is 2. The summed E-state index contributed by atoms with van der Waals surface area (Å²) in [6.07, 6.45) is 0. The zero-order chi connectivity index (χ0) is 24.5. The van der Waals surface area contributed by atoms with Crippen molar-refractivity contribution in [3.63, 3.8) is 0 Å². The van der Waals surface area contributed by atoms with Crippen LogP contribution >= 0.6 is 23.2 Å². The summed E-state index contributed by atoms with van der Waals surface area (Å²) in [6.45, 7) is 5.53. The molecule has 0 aliphatic heterocycles. The van der Waals surface area contributed by atoms with E-state index in [1.807, 2.05) is 0 Å². The number of hydrogen-bond acceptors (Lipinski definition) is 8. The van der Waals surface area contributed by atoms with E-state index in [1.165, 1.54) is 45.4 Å². The third-order valence-electron chi connectivity index (χ3n) is 4.26. The minimum atomic E-state index is -1.43. The molecule has 0 heterocycles. The topological polar surface area (TPSA) is 108 Å². The van der Waals surface area contributed by atoms with E-state index < -0.39 is 17.7 Å². The van der Waals surface area contributed by atoms with Crippen molar-refractivity contribution in [1.82, 2.24) is 0 Å². The molecule has 0 spiro atoms. The normalized spacial score (nSPS) is 11.7. The van der Waals surface area contributed by atoms with E-state index in [2.05, 4.69) is 15.5 Å². The Balaban J connectivity index is 2.37. The first kappa shape index (κ1) is 26.2. The molecule has 2 rings (SSSR count). The van der Waals surface area contributed by atoms with Gasteiger partial charge in [0.15, 0.2) is 5.78 Å². The molecule has 1 unspecified atom stereocenters. The van der Waals surface area contributed by atoms with E-state index in [0.717, 1.165) is 0 Å². The molecule has 0 saturated carbocycles. The van der Waals surface area contributed by atoms with Crippen LogP contribution in [-0.2, 0) is 9.59 Å². The molecule has 0 fully saturated rings. The van der Waals surface area contributed by atoms with Crippen molar-refractivity contribution >= 4 is 46.3 Å². The molecular formula is C22H25Cl2N3O6. The van der Waals surface area contributed by atoms with Crippen LogP contribution in [-0.4, -0.2) is 45.2 Å². The van der Waals surface area contributed by atoms with Crippen LogP contribution in [0.5, 0.6) is 23.0 Å². The Morgan fingerprint density at radius 1 is 0.909 bits per heavy atom. The number of nitrogens with one attached hydrogen (secondary N) is 1. The Kier molecular flexibility index (Phi) is 9.74. The number of halogens is 2. The third kappa shape index (κ3) is 6.72. The van der Waals surface area contributed by atoms with Crippen molar-refractivity contribution in [3.05, 3.63) is 34.3 Å². The van der Waals surface area contributed by atoms with Crippen LogP contribution in [0.4, 0.5) is 11.4 Å². The number of anilines is 1. The fraction of sp³-hybridized carbons (Fsp3) is 0.364. The second kappa shape index (κ2) is 12.3. The molecule has 1 amide bonds. The maximum Gasteiger partial charge on any atom is 0.258 e. The van der Waals surface area contributed by atoms with Gasteiger partial charge in [0.25, 0.3) is 5.91 Å². The van der Waals surface area contributed by atoms with Crippen LogP contribution in [0, 0.1) is 0 Å². The van der Waals surface area contributed by atoms with Crippen molar-refractivity contribution in [2.24, 2.45) is 10.2 Å². The predicted octanol–water partition coefficient (Wildman–Crippen LogP) is 5.49. The minimum absolute atomic E-state index is 0.234. The van der Waals surface area contributed by atoms with Crippen LogP contribution < -0.4 is 24.3 Å². The Morgan fingerprint density at radius 3 is 2.06 bits per heavy atom. The van der Waals surface area contributed by atoms with Gasteiger partial charge < -0.3 is 24.3 Å². The van der Waals surface area contributed by atoms with E-state index in [-0.39, 0.29) is 11.4 Å². The number of rotatable bonds is 11. The minimum Gasteiger partial charge on any atom is -0.495 e. The number of amides is 1. The first-order valence-electron chi connectivity index (χ1n) is 9.98. The summed E-state index contributed by atoms with van der Waals surface area (Å²) >= 11 is 12.3. The van der Waals surface area contributed by atoms with Crippen LogP contribution in [0.1, 0.15) is 20.8 Å². The summed E-state index contributed by atoms with van der Waals surface area (Å²) in [5.41, 5.74) is 0.514. The smallest absolute Gasteiger partial charge is 0.258 e. The molecular weight excluding hydrogens is 473 g/mol. The molecule has 11 heteroatoms. The highest BCUT2D eigenvalue weighted by Gasteiger charge is 2.25. The molecule has 0 aromatic heterocycles. The third-order valence-corrected chi connectivity index (χ3v) is 4.85. The van der Waals surface area contributed by atoms with Gasteiger partial charge in [-0.15, -0.1) is 0 Å². The van der Waals surface area contributed by atoms with Crippen LogP contribution in [0.25, 0.3) is 0 Å². The number of ketones is 1. The van der Waals surface area contributed by atoms with Gasteiger partial charge in [-0.1, -0.05) is 23.2 Å². The van der Waals surface area contributed by atoms with Gasteiger partial charge in [0.05, 0.1) is 43.2 Å². The van der Waals surface area contributed by atoms with E-state index in [0.29, 0.717) is 46.3 Å². The summed E-state index contributed by atoms with van der Waals surface area (Å²) in [6, 6.07) is 4.60. The molecule has 33 heavy (non-hydrogen) atoms. The summed E-state index contributed by atoms with van der Waals surface area (Å²) in [5.74, 6) is 0.0794. The molecule has 0 radical (unpaired) electrons. The summed E-state index contributed by atoms with van der Waals surface area (Å²) < 4.78 is 21.4. The largest absolute Gasteiger partial charge is 0.495 e. The average Bonchev–Trinajstić information content (AvgIpc) is 2.77. The van der Waals surface area contributed by atoms with Gasteiger partial charge in [-0.25, -0.2) is 0 Å². The molecule has 1 atom stereocenters. The highest BCUT2D eigenvalue weighted by atomic mass is 35.5. The molecule has 0 saturated heterocycles. The van der Waals surface area contributed by atoms with Crippen molar-refractivity contribution in [1.29, 1.82) is 0 Å². The van der Waals surface area contributed by atoms with Crippen molar-refractivity contribution < 1.29 is 28.5 Å². The van der Waals surface area contributed by atoms with E-state index >= 15 is 0 Å². The average molecular weight is 498 g/mol. The summed E-state index contributed by atoms with van der Waals surface area (Å²) in [4.78, 5) is 25.1. The fourth-order valence-electron chi connectivity index (χ4n) is 2.74. The van der Waals surface area contributed by atoms with Gasteiger partial charge in [0.2, 0.25) is 6.04 Å². The Bertz CT molecular complexity index is 1050. The number of carbonyl (C=O) groups excluding carboxylic acids is 2. The van der Waals surface area contributed by atoms with Gasteiger partial charge in [0, 0.05) is 24.3 Å². The highest BCUT2D eigenvalue weighted by molar-refractivity contribution is 6.32. The fourth-order valence-corrected chi connectivity index (χ4v) is 3.17. The van der Waals surface area contributed by atoms with Crippen molar-refractivity contribution in [2.45, 2.75) is 26.8 Å². The molecule has 1 N–H and O–H groups in total. The van der Waals surface area contributed by atoms with Crippen molar-refractivity contribution in [2.75, 3.05) is 32.8 Å². The summed E-state index contributed by atoms with van der Waals surface area (Å²) in [5, 5.41) is 11.3. The lowest BCUT2D eigenvalue weighted by Crippen LogP contribution is -2.32. The predicted molar refractivity (Wildman–Crippen MR) is 126 cm³/mol. The lowest BCUT2D eigenvalue weighted by molar-refractivity contribution is -0.126. The molecule has 2 aromatic rings. The Hall–Kier alpha value is -3.04. The zero-order valence-corrected chi connectivity index (χ0v) is 20.4. The van der Waals surface area contributed by atoms with Gasteiger partial charge in [-0.05, 0) is 20.8 Å². The van der Waals surface area contributed by atoms with Gasteiger partial charge >= 0.3 is 0 Å². The maximum absolute atomic E-state index is 12.9. The van der Waals surface area contributed by atoms with Gasteiger partial charge in [0.1, 0.15) is 28.7 Å². The molecule has 0 bridgehead atoms. The number of azo groups is 1. The first-order chi connectivity index (χ1) is 15.7. The maximum atomic E-state index is 12.9. The van der Waals surface area contributed by atoms with Crippen LogP contribution in [0.2, 0.25) is 10.0 Å². The zero-order valence-electron chi connectivity index (χ0n) is 18.9. The SMILES string of the molecule is CCOc1cc(NC(=O)C(N=Nc2cc(OC)c(Cl)cc2OC)C(C)=O)c(OCC)cc1Cl. The van der Waals surface area contributed by atoms with Crippen molar-refractivity contribution in [3.8, 4) is 23.0 Å². The Labute approximate surface area is 202 Å². The first-order valence-corrected chi connectivity index (χ1v) is 10.7. The number of benzene rings is 2. The van der Waals surface area contributed by atoms with E-state index in [1.54, 1.807) is 13.8 Å². The number of hydrogen-bond donors (Lipinski definition) is 1. The lowest BCUT2D eigenvalue weighted by Gasteiger charge is -2.16. The standard InChI is InChI=1S/C22H25Cl2N3O6/c1-6-32-18-10-15(20(33-7-2)9-14(18)24)25-22(29)21(12(3)28)27-26-16-11-17(30-4)13(23)8-19(16)31-5/h8-11,21H,6-7H2,1-5H3,(H,25,29). The van der Waals surface area contributed by atoms with Gasteiger partial charge in [-0.2, -0.15) is 10.2 Å². The molecule has 0 aliphatic carbocycles. The molecule has 178 valence electrons. The van der Waals surface area contributed by atoms with Crippen LogP contribution in [0.15, 0.2) is 34.5 Å². The second-order valence-corrected chi connectivity index (χ2v) is 7.34. The molecule has 0 aliphatic rings. The Morgan fingerprint density at radius 2 is 1.48 bits per heavy atom. The molecule has 9 nitrogen and oxygen atoms in total. The highest BCUT2D eigenvalue weighted by Crippen LogP contribution is 2.38. The summed E-state index contributed by atoms with van der Waals surface area (Å²) in [7, 11) is 2.87. The number of methoxy groups -OCH3 is 2. The van der Waals surface area contributed by atoms with Gasteiger partial charge in [-0.3, -0.25) is 9.59 Å². The number of Topliss-reactive ketones (excluding diaryl/α,β-unsaturated/α-hetero) is 1. The lowest BCUT2D eigenvalue weighted by atomic mass is 10.2. The molecule has 2 aromatic carbocycles. The quantitative estimate of drug-likeness (QED) is 0.324. The van der Waals surface area contributed by atoms with E-state index in [9.17, 15) is 9.59 Å². The second-order valence-electron chi connectivity index (χ2n) is 6.52.